The van der Waals surface area contributed by atoms with Crippen molar-refractivity contribution in [3.63, 3.8) is 0 Å². The Morgan fingerprint density at radius 2 is 1.70 bits per heavy atom. The van der Waals surface area contributed by atoms with Crippen LogP contribution in [0.3, 0.4) is 0 Å². The predicted molar refractivity (Wildman–Crippen MR) is 116 cm³/mol. The molecule has 33 heavy (non-hydrogen) atoms. The summed E-state index contributed by atoms with van der Waals surface area (Å²) in [5.41, 5.74) is 2.21. The number of alkyl halides is 3. The lowest BCUT2D eigenvalue weighted by atomic mass is 10.1. The summed E-state index contributed by atoms with van der Waals surface area (Å²) in [5.74, 6) is -2.25. The molecule has 7 nitrogen and oxygen atoms in total. The number of fused-ring (bicyclic) bond motifs is 1. The molecule has 1 aliphatic rings. The first kappa shape index (κ1) is 22.8. The Kier molecular flexibility index (Phi) is 6.11. The van der Waals surface area contributed by atoms with E-state index < -0.39 is 30.4 Å². The lowest BCUT2D eigenvalue weighted by molar-refractivity contribution is -0.148. The number of hydrogen-bond acceptors (Lipinski definition) is 4. The molecule has 4 rings (SSSR count). The maximum absolute atomic E-state index is 13.8. The van der Waals surface area contributed by atoms with Gasteiger partial charge in [-0.2, -0.15) is 13.2 Å². The third-order valence-electron chi connectivity index (χ3n) is 5.65. The summed E-state index contributed by atoms with van der Waals surface area (Å²) >= 11 is 0. The highest BCUT2D eigenvalue weighted by Crippen LogP contribution is 2.33. The summed E-state index contributed by atoms with van der Waals surface area (Å²) in [5, 5.41) is 2.79. The molecule has 0 unspecified atom stereocenters. The van der Waals surface area contributed by atoms with Crippen LogP contribution >= 0.6 is 0 Å². The minimum Gasteiger partial charge on any atom is -0.378 e. The lowest BCUT2D eigenvalue weighted by Crippen LogP contribution is -2.42. The minimum absolute atomic E-state index is 0.00164. The van der Waals surface area contributed by atoms with Crippen molar-refractivity contribution in [2.75, 3.05) is 31.6 Å². The van der Waals surface area contributed by atoms with Crippen LogP contribution in [0.15, 0.2) is 36.4 Å². The van der Waals surface area contributed by atoms with Gasteiger partial charge in [-0.3, -0.25) is 9.59 Å². The van der Waals surface area contributed by atoms with Crippen LogP contribution in [0.4, 0.5) is 18.9 Å². The predicted octanol–water partition coefficient (Wildman–Crippen LogP) is 3.78. The number of carbonyl (C=O) groups is 2. The Bertz CT molecular complexity index is 1190. The maximum atomic E-state index is 13.8. The normalized spacial score (nSPS) is 14.5. The van der Waals surface area contributed by atoms with Gasteiger partial charge in [0.05, 0.1) is 24.3 Å². The van der Waals surface area contributed by atoms with Gasteiger partial charge in [0.25, 0.3) is 5.91 Å². The van der Waals surface area contributed by atoms with E-state index in [9.17, 15) is 22.8 Å². The van der Waals surface area contributed by atoms with Crippen molar-refractivity contribution < 1.29 is 27.5 Å². The zero-order valence-corrected chi connectivity index (χ0v) is 18.2. The van der Waals surface area contributed by atoms with Crippen LogP contribution in [0.25, 0.3) is 11.0 Å². The number of anilines is 1. The first-order chi connectivity index (χ1) is 15.7. The van der Waals surface area contributed by atoms with Crippen molar-refractivity contribution in [1.82, 2.24) is 14.5 Å². The highest BCUT2D eigenvalue weighted by atomic mass is 19.4. The first-order valence-electron chi connectivity index (χ1n) is 10.5. The molecule has 0 spiro atoms. The summed E-state index contributed by atoms with van der Waals surface area (Å²) in [6, 6.07) is 9.85. The molecule has 1 fully saturated rings. The molecule has 174 valence electrons. The second-order valence-electron chi connectivity index (χ2n) is 7.91. The zero-order chi connectivity index (χ0) is 23.8. The number of ether oxygens (including phenoxy) is 1. The van der Waals surface area contributed by atoms with Crippen molar-refractivity contribution in [3.8, 4) is 0 Å². The molecular weight excluding hydrogens is 437 g/mol. The van der Waals surface area contributed by atoms with E-state index in [2.05, 4.69) is 10.3 Å². The molecule has 0 saturated carbocycles. The molecule has 0 aliphatic carbocycles. The fraction of sp³-hybridized carbons (Fsp3) is 0.348. The Labute approximate surface area is 188 Å². The largest absolute Gasteiger partial charge is 0.449 e. The summed E-state index contributed by atoms with van der Waals surface area (Å²) in [6.07, 6.45) is -4.80. The number of carbonyl (C=O) groups excluding carboxylic acids is 2. The van der Waals surface area contributed by atoms with E-state index >= 15 is 0 Å². The van der Waals surface area contributed by atoms with Crippen LogP contribution in [0.1, 0.15) is 27.3 Å². The topological polar surface area (TPSA) is 76.5 Å². The van der Waals surface area contributed by atoms with Crippen LogP contribution in [-0.2, 0) is 22.3 Å². The van der Waals surface area contributed by atoms with E-state index in [1.807, 2.05) is 32.0 Å². The third kappa shape index (κ3) is 4.56. The van der Waals surface area contributed by atoms with E-state index in [1.165, 1.54) is 23.1 Å². The third-order valence-corrected chi connectivity index (χ3v) is 5.65. The fourth-order valence-corrected chi connectivity index (χ4v) is 3.95. The van der Waals surface area contributed by atoms with Gasteiger partial charge in [-0.25, -0.2) is 4.98 Å². The number of morpholine rings is 1. The Morgan fingerprint density at radius 3 is 2.33 bits per heavy atom. The minimum atomic E-state index is -4.80. The van der Waals surface area contributed by atoms with Crippen molar-refractivity contribution in [3.05, 3.63) is 58.9 Å². The monoisotopic (exact) mass is 460 g/mol. The number of amides is 2. The number of hydrogen-bond donors (Lipinski definition) is 1. The van der Waals surface area contributed by atoms with Gasteiger partial charge in [-0.15, -0.1) is 0 Å². The molecule has 10 heteroatoms. The molecule has 1 N–H and O–H groups in total. The van der Waals surface area contributed by atoms with Crippen LogP contribution in [0.2, 0.25) is 0 Å². The van der Waals surface area contributed by atoms with Gasteiger partial charge >= 0.3 is 6.18 Å². The van der Waals surface area contributed by atoms with Gasteiger partial charge < -0.3 is 19.5 Å². The Morgan fingerprint density at radius 1 is 1.06 bits per heavy atom. The van der Waals surface area contributed by atoms with Gasteiger partial charge in [0.1, 0.15) is 12.1 Å². The van der Waals surface area contributed by atoms with Crippen molar-refractivity contribution >= 4 is 28.5 Å². The Hall–Kier alpha value is -3.40. The zero-order valence-electron chi connectivity index (χ0n) is 18.2. The number of benzene rings is 2. The van der Waals surface area contributed by atoms with Gasteiger partial charge in [-0.1, -0.05) is 24.3 Å². The van der Waals surface area contributed by atoms with E-state index in [0.717, 1.165) is 15.7 Å². The number of aromatic nitrogens is 2. The lowest BCUT2D eigenvalue weighted by Gasteiger charge is -2.27. The summed E-state index contributed by atoms with van der Waals surface area (Å²) < 4.78 is 47.5. The molecule has 2 aromatic carbocycles. The summed E-state index contributed by atoms with van der Waals surface area (Å²) in [4.78, 5) is 31.0. The van der Waals surface area contributed by atoms with Gasteiger partial charge in [0.2, 0.25) is 11.7 Å². The van der Waals surface area contributed by atoms with Crippen LogP contribution < -0.4 is 5.32 Å². The van der Waals surface area contributed by atoms with Crippen LogP contribution in [0, 0.1) is 13.8 Å². The number of halogens is 3. The molecule has 3 aromatic rings. The average Bonchev–Trinajstić information content (AvgIpc) is 3.16. The number of nitrogens with one attached hydrogen (secondary N) is 1. The number of imidazole rings is 1. The van der Waals surface area contributed by atoms with E-state index in [0.29, 0.717) is 32.0 Å². The number of para-hydroxylation sites is 2. The highest BCUT2D eigenvalue weighted by Gasteiger charge is 2.39. The van der Waals surface area contributed by atoms with E-state index in [1.54, 1.807) is 0 Å². The number of rotatable bonds is 4. The quantitative estimate of drug-likeness (QED) is 0.643. The highest BCUT2D eigenvalue weighted by molar-refractivity contribution is 6.12. The standard InChI is InChI=1S/C23H23F3N4O3/c1-14-5-3-6-15(2)19(14)27-21(32)16-7-4-8-17-20(16)28-22(23(24,25)26)30(17)13-18(31)29-9-11-33-12-10-29/h3-8H,9-13H2,1-2H3,(H,27,32). The molecule has 1 saturated heterocycles. The number of aryl methyl sites for hydroxylation is 2. The van der Waals surface area contributed by atoms with E-state index in [4.69, 9.17) is 4.74 Å². The fourth-order valence-electron chi connectivity index (χ4n) is 3.95. The summed E-state index contributed by atoms with van der Waals surface area (Å²) in [6.45, 7) is 4.43. The molecule has 0 radical (unpaired) electrons. The van der Waals surface area contributed by atoms with Crippen LogP contribution in [-0.4, -0.2) is 52.6 Å². The van der Waals surface area contributed by atoms with E-state index in [-0.39, 0.29) is 16.6 Å². The van der Waals surface area contributed by atoms with Gasteiger partial charge in [0, 0.05) is 18.8 Å². The number of nitrogens with zero attached hydrogens (tertiary/aromatic N) is 3. The Balaban J connectivity index is 1.74. The molecule has 2 heterocycles. The smallest absolute Gasteiger partial charge is 0.378 e. The molecular formula is C23H23F3N4O3. The summed E-state index contributed by atoms with van der Waals surface area (Å²) in [7, 11) is 0. The van der Waals surface area contributed by atoms with Crippen molar-refractivity contribution in [2.24, 2.45) is 0 Å². The molecule has 2 amide bonds. The van der Waals surface area contributed by atoms with Crippen molar-refractivity contribution in [1.29, 1.82) is 0 Å². The second kappa shape index (κ2) is 8.86. The molecule has 0 atom stereocenters. The average molecular weight is 460 g/mol. The maximum Gasteiger partial charge on any atom is 0.449 e. The van der Waals surface area contributed by atoms with Gasteiger partial charge in [0.15, 0.2) is 0 Å². The molecule has 1 aliphatic heterocycles. The molecule has 1 aromatic heterocycles. The SMILES string of the molecule is Cc1cccc(C)c1NC(=O)c1cccc2c1nc(C(F)(F)F)n2CC(=O)N1CCOCC1. The first-order valence-corrected chi connectivity index (χ1v) is 10.5. The van der Waals surface area contributed by atoms with Crippen molar-refractivity contribution in [2.45, 2.75) is 26.6 Å². The van der Waals surface area contributed by atoms with Crippen LogP contribution in [0.5, 0.6) is 0 Å². The second-order valence-corrected chi connectivity index (χ2v) is 7.91. The molecule has 0 bridgehead atoms. The van der Waals surface area contributed by atoms with Gasteiger partial charge in [-0.05, 0) is 37.1 Å².